The number of H-pyrrole nitrogens is 1. The van der Waals surface area contributed by atoms with E-state index < -0.39 is 22.0 Å². The molecule has 9 heteroatoms. The third kappa shape index (κ3) is 2.24. The molecule has 0 aromatic carbocycles. The maximum absolute atomic E-state index is 12.7. The average Bonchev–Trinajstić information content (AvgIpc) is 3.05. The Morgan fingerprint density at radius 2 is 2.29 bits per heavy atom. The summed E-state index contributed by atoms with van der Waals surface area (Å²) in [6, 6.07) is 0.308. The van der Waals surface area contributed by atoms with Gasteiger partial charge in [0, 0.05) is 25.9 Å². The summed E-state index contributed by atoms with van der Waals surface area (Å²) in [6.45, 7) is -0.0243. The Hall–Kier alpha value is -2.13. The predicted octanol–water partition coefficient (Wildman–Crippen LogP) is -0.0516. The summed E-state index contributed by atoms with van der Waals surface area (Å²) in [5.74, 6) is -1.18. The van der Waals surface area contributed by atoms with Gasteiger partial charge in [-0.15, -0.1) is 0 Å². The van der Waals surface area contributed by atoms with Crippen LogP contribution < -0.4 is 0 Å². The van der Waals surface area contributed by atoms with Gasteiger partial charge in [0.1, 0.15) is 6.04 Å². The molecular weight excluding hydrogens is 296 g/mol. The zero-order valence-corrected chi connectivity index (χ0v) is 12.0. The molecule has 21 heavy (non-hydrogen) atoms. The molecule has 112 valence electrons. The number of aromatic amines is 1. The lowest BCUT2D eigenvalue weighted by molar-refractivity contribution is -0.141. The minimum atomic E-state index is -3.87. The third-order valence-electron chi connectivity index (χ3n) is 3.55. The highest BCUT2D eigenvalue weighted by Crippen LogP contribution is 2.27. The maximum atomic E-state index is 12.7. The van der Waals surface area contributed by atoms with Crippen molar-refractivity contribution >= 4 is 16.0 Å². The molecule has 1 unspecified atom stereocenters. The Bertz CT molecular complexity index is 792. The summed E-state index contributed by atoms with van der Waals surface area (Å²) in [4.78, 5) is 18.4. The second-order valence-corrected chi connectivity index (χ2v) is 6.84. The van der Waals surface area contributed by atoms with Gasteiger partial charge in [-0.2, -0.15) is 4.31 Å². The number of fused-ring (bicyclic) bond motifs is 1. The van der Waals surface area contributed by atoms with Crippen molar-refractivity contribution in [3.63, 3.8) is 0 Å². The molecule has 0 amide bonds. The Balaban J connectivity index is 2.05. The third-order valence-corrected chi connectivity index (χ3v) is 5.39. The molecule has 0 radical (unpaired) electrons. The molecule has 0 saturated carbocycles. The molecule has 0 saturated heterocycles. The van der Waals surface area contributed by atoms with E-state index in [-0.39, 0.29) is 17.9 Å². The molecule has 1 atom stereocenters. The van der Waals surface area contributed by atoms with Crippen molar-refractivity contribution in [2.24, 2.45) is 7.05 Å². The van der Waals surface area contributed by atoms with Gasteiger partial charge in [-0.25, -0.2) is 13.4 Å². The number of nitrogens with one attached hydrogen (secondary N) is 1. The van der Waals surface area contributed by atoms with Gasteiger partial charge in [0.15, 0.2) is 0 Å². The van der Waals surface area contributed by atoms with Crippen LogP contribution in [0.25, 0.3) is 0 Å². The molecule has 0 spiro atoms. The van der Waals surface area contributed by atoms with Crippen LogP contribution in [0.2, 0.25) is 0 Å². The van der Waals surface area contributed by atoms with Crippen molar-refractivity contribution in [3.8, 4) is 0 Å². The van der Waals surface area contributed by atoms with Crippen molar-refractivity contribution < 1.29 is 18.3 Å². The van der Waals surface area contributed by atoms with Crippen LogP contribution in [0.1, 0.15) is 11.4 Å². The number of nitrogens with zero attached hydrogens (tertiary/aromatic N) is 3. The van der Waals surface area contributed by atoms with Crippen molar-refractivity contribution in [1.82, 2.24) is 18.8 Å². The standard InChI is InChI=1S/C12H14N4O4S/c1-15-3-2-8(5-15)21(19,20)16-6-10-9(13-7-14-10)4-11(16)12(17)18/h2-3,5,7,11H,4,6H2,1H3,(H,13,14)(H,17,18). The van der Waals surface area contributed by atoms with Crippen LogP contribution in [0.3, 0.4) is 0 Å². The predicted molar refractivity (Wildman–Crippen MR) is 71.9 cm³/mol. The quantitative estimate of drug-likeness (QED) is 0.826. The summed E-state index contributed by atoms with van der Waals surface area (Å²) in [7, 11) is -2.17. The summed E-state index contributed by atoms with van der Waals surface area (Å²) in [5, 5.41) is 9.34. The smallest absolute Gasteiger partial charge is 0.322 e. The zero-order valence-electron chi connectivity index (χ0n) is 11.2. The van der Waals surface area contributed by atoms with E-state index in [1.807, 2.05) is 0 Å². The minimum Gasteiger partial charge on any atom is -0.480 e. The number of sulfonamides is 1. The van der Waals surface area contributed by atoms with E-state index in [0.29, 0.717) is 11.4 Å². The molecule has 0 bridgehead atoms. The van der Waals surface area contributed by atoms with Gasteiger partial charge in [-0.3, -0.25) is 4.79 Å². The van der Waals surface area contributed by atoms with E-state index in [2.05, 4.69) is 9.97 Å². The van der Waals surface area contributed by atoms with Gasteiger partial charge in [-0.1, -0.05) is 0 Å². The molecule has 2 aromatic heterocycles. The van der Waals surface area contributed by atoms with Crippen LogP contribution in [0, 0.1) is 0 Å². The van der Waals surface area contributed by atoms with Crippen molar-refractivity contribution in [3.05, 3.63) is 36.2 Å². The zero-order chi connectivity index (χ0) is 15.2. The van der Waals surface area contributed by atoms with Crippen LogP contribution in [0.4, 0.5) is 0 Å². The number of aromatic nitrogens is 3. The number of imidazole rings is 1. The number of carboxylic acid groups (broad SMARTS) is 1. The Morgan fingerprint density at radius 1 is 1.52 bits per heavy atom. The van der Waals surface area contributed by atoms with Gasteiger partial charge in [0.25, 0.3) is 0 Å². The summed E-state index contributed by atoms with van der Waals surface area (Å²) < 4.78 is 27.9. The first kappa shape index (κ1) is 13.8. The van der Waals surface area contributed by atoms with Gasteiger partial charge in [-0.05, 0) is 6.07 Å². The highest BCUT2D eigenvalue weighted by molar-refractivity contribution is 7.89. The van der Waals surface area contributed by atoms with E-state index >= 15 is 0 Å². The molecule has 3 rings (SSSR count). The molecule has 2 N–H and O–H groups in total. The molecule has 8 nitrogen and oxygen atoms in total. The van der Waals surface area contributed by atoms with Crippen molar-refractivity contribution in [2.45, 2.75) is 23.9 Å². The summed E-state index contributed by atoms with van der Waals surface area (Å²) in [6.07, 6.45) is 4.56. The summed E-state index contributed by atoms with van der Waals surface area (Å²) in [5.41, 5.74) is 1.23. The van der Waals surface area contributed by atoms with E-state index in [9.17, 15) is 18.3 Å². The minimum absolute atomic E-state index is 0.0243. The first-order valence-corrected chi connectivity index (χ1v) is 7.71. The number of carbonyl (C=O) groups is 1. The van der Waals surface area contributed by atoms with Gasteiger partial charge < -0.3 is 14.7 Å². The molecule has 0 aliphatic carbocycles. The number of hydrogen-bond acceptors (Lipinski definition) is 4. The molecule has 3 heterocycles. The van der Waals surface area contributed by atoms with E-state index in [0.717, 1.165) is 4.31 Å². The first-order valence-electron chi connectivity index (χ1n) is 6.27. The highest BCUT2D eigenvalue weighted by Gasteiger charge is 2.40. The first-order chi connectivity index (χ1) is 9.89. The number of carboxylic acids is 1. The molecule has 1 aliphatic rings. The van der Waals surface area contributed by atoms with Crippen molar-refractivity contribution in [1.29, 1.82) is 0 Å². The van der Waals surface area contributed by atoms with Crippen LogP contribution in [0.5, 0.6) is 0 Å². The summed E-state index contributed by atoms with van der Waals surface area (Å²) >= 11 is 0. The van der Waals surface area contributed by atoms with Crippen LogP contribution >= 0.6 is 0 Å². The van der Waals surface area contributed by atoms with Gasteiger partial charge in [0.05, 0.1) is 29.2 Å². The number of rotatable bonds is 3. The second kappa shape index (κ2) is 4.71. The second-order valence-electron chi connectivity index (χ2n) is 4.95. The van der Waals surface area contributed by atoms with Crippen LogP contribution in [-0.2, 0) is 34.8 Å². The fourth-order valence-electron chi connectivity index (χ4n) is 2.44. The fraction of sp³-hybridized carbons (Fsp3) is 0.333. The van der Waals surface area contributed by atoms with E-state index in [1.54, 1.807) is 17.8 Å². The lowest BCUT2D eigenvalue weighted by atomic mass is 10.1. The SMILES string of the molecule is Cn1ccc(S(=O)(=O)N2Cc3[nH]cnc3CC2C(=O)O)c1. The maximum Gasteiger partial charge on any atom is 0.322 e. The van der Waals surface area contributed by atoms with E-state index in [1.165, 1.54) is 18.6 Å². The fourth-order valence-corrected chi connectivity index (χ4v) is 4.04. The lowest BCUT2D eigenvalue weighted by Crippen LogP contribution is -2.48. The number of hydrogen-bond donors (Lipinski definition) is 2. The Morgan fingerprint density at radius 3 is 2.90 bits per heavy atom. The number of aryl methyl sites for hydroxylation is 1. The Labute approximate surface area is 121 Å². The highest BCUT2D eigenvalue weighted by atomic mass is 32.2. The van der Waals surface area contributed by atoms with Gasteiger partial charge in [0.2, 0.25) is 10.0 Å². The van der Waals surface area contributed by atoms with Crippen LogP contribution in [-0.4, -0.2) is 44.4 Å². The average molecular weight is 310 g/mol. The van der Waals surface area contributed by atoms with Crippen LogP contribution in [0.15, 0.2) is 29.7 Å². The topological polar surface area (TPSA) is 108 Å². The molecule has 1 aliphatic heterocycles. The van der Waals surface area contributed by atoms with Gasteiger partial charge >= 0.3 is 5.97 Å². The normalized spacial score (nSPS) is 19.4. The molecule has 0 fully saturated rings. The van der Waals surface area contributed by atoms with Crippen molar-refractivity contribution in [2.75, 3.05) is 0 Å². The molecule has 2 aromatic rings. The Kier molecular flexibility index (Phi) is 3.10. The monoisotopic (exact) mass is 310 g/mol. The molecular formula is C12H14N4O4S. The number of aliphatic carboxylic acids is 1. The lowest BCUT2D eigenvalue weighted by Gasteiger charge is -2.30. The van der Waals surface area contributed by atoms with E-state index in [4.69, 9.17) is 0 Å². The largest absolute Gasteiger partial charge is 0.480 e.